The molecule has 24 heavy (non-hydrogen) atoms. The van der Waals surface area contributed by atoms with E-state index >= 15 is 0 Å². The second kappa shape index (κ2) is 6.41. The van der Waals surface area contributed by atoms with E-state index in [4.69, 9.17) is 4.74 Å². The third-order valence-corrected chi connectivity index (χ3v) is 5.78. The highest BCUT2D eigenvalue weighted by molar-refractivity contribution is 5.94. The average Bonchev–Trinajstić information content (AvgIpc) is 3.25. The summed E-state index contributed by atoms with van der Waals surface area (Å²) in [4.78, 5) is 20.4. The van der Waals surface area contributed by atoms with E-state index in [1.165, 1.54) is 38.2 Å². The monoisotopic (exact) mass is 333 g/mol. The fourth-order valence-electron chi connectivity index (χ4n) is 4.35. The smallest absolute Gasteiger partial charge is 0.254 e. The number of nitrogens with zero attached hydrogens (tertiary/aromatic N) is 3. The number of hydrogen-bond donors (Lipinski definition) is 0. The molecule has 4 heterocycles. The first-order chi connectivity index (χ1) is 11.7. The van der Waals surface area contributed by atoms with Crippen LogP contribution in [0.25, 0.3) is 0 Å². The molecule has 0 unspecified atom stereocenters. The molecule has 1 aromatic rings. The number of piperidine rings is 1. The van der Waals surface area contributed by atoms with Gasteiger partial charge >= 0.3 is 0 Å². The molecule has 3 saturated heterocycles. The Balaban J connectivity index is 1.36. The molecule has 1 spiro atoms. The Hall–Kier alpha value is -1.53. The fourth-order valence-corrected chi connectivity index (χ4v) is 4.35. The van der Waals surface area contributed by atoms with E-state index in [2.05, 4.69) is 9.88 Å². The number of pyridine rings is 1. The van der Waals surface area contributed by atoms with Gasteiger partial charge in [0.15, 0.2) is 0 Å². The van der Waals surface area contributed by atoms with Crippen molar-refractivity contribution in [1.29, 1.82) is 0 Å². The predicted octanol–water partition coefficient (Wildman–Crippen LogP) is 2.08. The Labute approximate surface area is 141 Å². The molecule has 0 bridgehead atoms. The summed E-state index contributed by atoms with van der Waals surface area (Å²) < 4.78 is 19.4. The zero-order chi connectivity index (χ0) is 16.6. The number of carbonyl (C=O) groups excluding carboxylic acids is 1. The summed E-state index contributed by atoms with van der Waals surface area (Å²) in [6.07, 6.45) is 6.77. The van der Waals surface area contributed by atoms with E-state index in [1.807, 2.05) is 4.90 Å². The maximum Gasteiger partial charge on any atom is 0.254 e. The van der Waals surface area contributed by atoms with Gasteiger partial charge in [-0.1, -0.05) is 0 Å². The van der Waals surface area contributed by atoms with Crippen LogP contribution in [0, 0.1) is 5.95 Å². The normalized spacial score (nSPS) is 27.0. The Bertz CT molecular complexity index is 610. The van der Waals surface area contributed by atoms with Crippen molar-refractivity contribution in [3.05, 3.63) is 29.8 Å². The Morgan fingerprint density at radius 2 is 2.00 bits per heavy atom. The third-order valence-electron chi connectivity index (χ3n) is 5.78. The number of aromatic nitrogens is 1. The van der Waals surface area contributed by atoms with Gasteiger partial charge in [0.2, 0.25) is 5.95 Å². The summed E-state index contributed by atoms with van der Waals surface area (Å²) in [5.41, 5.74) is 0.314. The van der Waals surface area contributed by atoms with Gasteiger partial charge in [-0.3, -0.25) is 9.69 Å². The van der Waals surface area contributed by atoms with Gasteiger partial charge in [-0.15, -0.1) is 0 Å². The average molecular weight is 333 g/mol. The minimum absolute atomic E-state index is 0.0620. The van der Waals surface area contributed by atoms with Crippen molar-refractivity contribution in [3.63, 3.8) is 0 Å². The summed E-state index contributed by atoms with van der Waals surface area (Å²) in [7, 11) is 0. The number of hydrogen-bond acceptors (Lipinski definition) is 4. The van der Waals surface area contributed by atoms with E-state index in [1.54, 1.807) is 6.07 Å². The molecule has 6 heteroatoms. The number of likely N-dealkylation sites (tertiary alicyclic amines) is 2. The number of halogens is 1. The molecule has 0 radical (unpaired) electrons. The van der Waals surface area contributed by atoms with Crippen LogP contribution in [0.5, 0.6) is 0 Å². The van der Waals surface area contributed by atoms with Gasteiger partial charge in [-0.05, 0) is 51.3 Å². The van der Waals surface area contributed by atoms with Crippen molar-refractivity contribution in [3.8, 4) is 0 Å². The van der Waals surface area contributed by atoms with Crippen molar-refractivity contribution >= 4 is 5.91 Å². The first-order valence-electron chi connectivity index (χ1n) is 8.94. The molecule has 130 valence electrons. The van der Waals surface area contributed by atoms with Gasteiger partial charge < -0.3 is 9.64 Å². The lowest BCUT2D eigenvalue weighted by molar-refractivity contribution is -0.0393. The maximum atomic E-state index is 13.2. The third kappa shape index (κ3) is 3.05. The van der Waals surface area contributed by atoms with Crippen LogP contribution >= 0.6 is 0 Å². The molecule has 3 aliphatic rings. The second-order valence-corrected chi connectivity index (χ2v) is 7.25. The van der Waals surface area contributed by atoms with Crippen LogP contribution in [0.2, 0.25) is 0 Å². The van der Waals surface area contributed by atoms with Crippen LogP contribution in [0.15, 0.2) is 18.3 Å². The van der Waals surface area contributed by atoms with E-state index < -0.39 is 5.95 Å². The molecule has 5 nitrogen and oxygen atoms in total. The van der Waals surface area contributed by atoms with Crippen LogP contribution in [-0.2, 0) is 4.74 Å². The zero-order valence-electron chi connectivity index (χ0n) is 13.9. The minimum atomic E-state index is -0.609. The fraction of sp³-hybridized carbons (Fsp3) is 0.667. The lowest BCUT2D eigenvalue weighted by Gasteiger charge is -2.39. The molecule has 4 rings (SSSR count). The number of rotatable bonds is 2. The summed E-state index contributed by atoms with van der Waals surface area (Å²) in [6, 6.07) is 3.33. The van der Waals surface area contributed by atoms with Gasteiger partial charge in [0.25, 0.3) is 5.91 Å². The van der Waals surface area contributed by atoms with Crippen LogP contribution in [0.4, 0.5) is 4.39 Å². The highest BCUT2D eigenvalue weighted by Crippen LogP contribution is 2.38. The molecule has 0 saturated carbocycles. The highest BCUT2D eigenvalue weighted by atomic mass is 19.1. The Morgan fingerprint density at radius 1 is 1.25 bits per heavy atom. The maximum absolute atomic E-state index is 13.2. The molecule has 3 aliphatic heterocycles. The van der Waals surface area contributed by atoms with E-state index in [0.29, 0.717) is 24.7 Å². The van der Waals surface area contributed by atoms with Crippen LogP contribution in [0.3, 0.4) is 0 Å². The highest BCUT2D eigenvalue weighted by Gasteiger charge is 2.45. The van der Waals surface area contributed by atoms with E-state index in [0.717, 1.165) is 25.9 Å². The number of amides is 1. The van der Waals surface area contributed by atoms with Crippen molar-refractivity contribution in [1.82, 2.24) is 14.8 Å². The second-order valence-electron chi connectivity index (χ2n) is 7.25. The Kier molecular flexibility index (Phi) is 4.26. The lowest BCUT2D eigenvalue weighted by atomic mass is 9.87. The van der Waals surface area contributed by atoms with Crippen molar-refractivity contribution in [2.75, 3.05) is 32.8 Å². The van der Waals surface area contributed by atoms with E-state index in [9.17, 15) is 9.18 Å². The summed E-state index contributed by atoms with van der Waals surface area (Å²) in [6.45, 7) is 4.57. The standard InChI is InChI=1S/C18H24FN3O2/c19-16-11-14(3-6-20-16)17(23)22-9-4-18(5-10-22)12-15(13-24-18)21-7-1-2-8-21/h3,6,11,15H,1-2,4-5,7-10,12-13H2/t15-/m0/s1. The van der Waals surface area contributed by atoms with Crippen molar-refractivity contribution < 1.29 is 13.9 Å². The SMILES string of the molecule is O=C(c1ccnc(F)c1)N1CCC2(CC1)C[C@H](N1CCCC1)CO2. The van der Waals surface area contributed by atoms with Crippen molar-refractivity contribution in [2.45, 2.75) is 43.7 Å². The molecule has 0 aromatic carbocycles. The molecule has 1 amide bonds. The van der Waals surface area contributed by atoms with Gasteiger partial charge in [-0.2, -0.15) is 4.39 Å². The number of carbonyl (C=O) groups is 1. The van der Waals surface area contributed by atoms with Gasteiger partial charge in [0, 0.05) is 37.0 Å². The predicted molar refractivity (Wildman–Crippen MR) is 87.2 cm³/mol. The van der Waals surface area contributed by atoms with Gasteiger partial charge in [-0.25, -0.2) is 4.98 Å². The summed E-state index contributed by atoms with van der Waals surface area (Å²) >= 11 is 0. The van der Waals surface area contributed by atoms with E-state index in [-0.39, 0.29) is 11.5 Å². The lowest BCUT2D eigenvalue weighted by Crippen LogP contribution is -2.47. The first kappa shape index (κ1) is 16.0. The molecule has 1 aromatic heterocycles. The number of ether oxygens (including phenoxy) is 1. The van der Waals surface area contributed by atoms with Crippen LogP contribution in [-0.4, -0.2) is 65.1 Å². The Morgan fingerprint density at radius 3 is 2.71 bits per heavy atom. The molecule has 1 atom stereocenters. The summed E-state index contributed by atoms with van der Waals surface area (Å²) in [5, 5.41) is 0. The van der Waals surface area contributed by atoms with Crippen LogP contribution in [0.1, 0.15) is 42.5 Å². The minimum Gasteiger partial charge on any atom is -0.373 e. The zero-order valence-corrected chi connectivity index (χ0v) is 13.9. The first-order valence-corrected chi connectivity index (χ1v) is 8.94. The molecular weight excluding hydrogens is 309 g/mol. The molecule has 3 fully saturated rings. The largest absolute Gasteiger partial charge is 0.373 e. The van der Waals surface area contributed by atoms with Crippen molar-refractivity contribution in [2.24, 2.45) is 0 Å². The quantitative estimate of drug-likeness (QED) is 0.778. The topological polar surface area (TPSA) is 45.7 Å². The molecule has 0 N–H and O–H groups in total. The van der Waals surface area contributed by atoms with Crippen LogP contribution < -0.4 is 0 Å². The molecule has 0 aliphatic carbocycles. The molecular formula is C18H24FN3O2. The van der Waals surface area contributed by atoms with Gasteiger partial charge in [0.05, 0.1) is 12.2 Å². The summed E-state index contributed by atoms with van der Waals surface area (Å²) in [5.74, 6) is -0.720. The van der Waals surface area contributed by atoms with Gasteiger partial charge in [0.1, 0.15) is 0 Å².